The normalized spacial score (nSPS) is 10.8. The van der Waals surface area contributed by atoms with E-state index in [1.165, 1.54) is 17.4 Å². The summed E-state index contributed by atoms with van der Waals surface area (Å²) >= 11 is 7.17. The Labute approximate surface area is 153 Å². The first-order valence-electron chi connectivity index (χ1n) is 7.37. The van der Waals surface area contributed by atoms with Gasteiger partial charge in [-0.05, 0) is 24.3 Å². The monoisotopic (exact) mass is 371 g/mol. The highest BCUT2D eigenvalue weighted by molar-refractivity contribution is 7.18. The van der Waals surface area contributed by atoms with Gasteiger partial charge in [0.1, 0.15) is 10.8 Å². The van der Waals surface area contributed by atoms with E-state index in [4.69, 9.17) is 16.3 Å². The van der Waals surface area contributed by atoms with Crippen LogP contribution >= 0.6 is 22.9 Å². The molecule has 25 heavy (non-hydrogen) atoms. The van der Waals surface area contributed by atoms with Gasteiger partial charge < -0.3 is 4.74 Å². The molecule has 5 nitrogen and oxygen atoms in total. The molecule has 3 rings (SSSR count). The fourth-order valence-electron chi connectivity index (χ4n) is 2.10. The zero-order chi connectivity index (χ0) is 17.6. The second kappa shape index (κ2) is 7.92. The van der Waals surface area contributed by atoms with Gasteiger partial charge >= 0.3 is 0 Å². The number of nitrogens with zero attached hydrogens (tertiary/aromatic N) is 2. The number of nitrogens with one attached hydrogen (secondary N) is 1. The van der Waals surface area contributed by atoms with Crippen molar-refractivity contribution in [3.8, 4) is 16.3 Å². The number of ether oxygens (including phenoxy) is 1. The van der Waals surface area contributed by atoms with Crippen molar-refractivity contribution in [2.24, 2.45) is 0 Å². The van der Waals surface area contributed by atoms with Crippen LogP contribution in [0.1, 0.15) is 5.56 Å². The summed E-state index contributed by atoms with van der Waals surface area (Å²) in [6, 6.07) is 14.7. The molecule has 126 valence electrons. The van der Waals surface area contributed by atoms with Crippen LogP contribution in [0.3, 0.4) is 0 Å². The number of halogens is 1. The number of rotatable bonds is 5. The lowest BCUT2D eigenvalue weighted by Crippen LogP contribution is -2.07. The van der Waals surface area contributed by atoms with Crippen molar-refractivity contribution in [2.75, 3.05) is 12.4 Å². The standard InChI is InChI=1S/C18H14ClN3O2S/c1-24-15-5-3-2-4-12(15)8-11-16(23)20-18-22-21-17(25-18)13-6-9-14(19)10-7-13/h2-11H,1H3,(H,20,22,23)/b11-8+. The number of para-hydroxylation sites is 1. The molecule has 0 bridgehead atoms. The van der Waals surface area contributed by atoms with Crippen LogP contribution in [0.15, 0.2) is 54.6 Å². The first-order valence-corrected chi connectivity index (χ1v) is 8.56. The predicted molar refractivity (Wildman–Crippen MR) is 101 cm³/mol. The van der Waals surface area contributed by atoms with E-state index in [9.17, 15) is 4.79 Å². The number of amides is 1. The van der Waals surface area contributed by atoms with Gasteiger partial charge in [0.05, 0.1) is 7.11 Å². The number of methoxy groups -OCH3 is 1. The molecule has 0 unspecified atom stereocenters. The van der Waals surface area contributed by atoms with E-state index in [1.807, 2.05) is 36.4 Å². The van der Waals surface area contributed by atoms with Gasteiger partial charge in [0.25, 0.3) is 0 Å². The lowest BCUT2D eigenvalue weighted by molar-refractivity contribution is -0.111. The molecule has 2 aromatic carbocycles. The van der Waals surface area contributed by atoms with Crippen LogP contribution in [-0.4, -0.2) is 23.2 Å². The van der Waals surface area contributed by atoms with E-state index in [0.717, 1.165) is 11.1 Å². The van der Waals surface area contributed by atoms with Crippen molar-refractivity contribution in [2.45, 2.75) is 0 Å². The molecule has 7 heteroatoms. The molecule has 1 aromatic heterocycles. The maximum atomic E-state index is 12.1. The molecule has 0 spiro atoms. The maximum absolute atomic E-state index is 12.1. The van der Waals surface area contributed by atoms with Gasteiger partial charge in [-0.3, -0.25) is 10.1 Å². The average Bonchev–Trinajstić information content (AvgIpc) is 3.09. The SMILES string of the molecule is COc1ccccc1/C=C/C(=O)Nc1nnc(-c2ccc(Cl)cc2)s1. The van der Waals surface area contributed by atoms with Crippen molar-refractivity contribution in [1.82, 2.24) is 10.2 Å². The summed E-state index contributed by atoms with van der Waals surface area (Å²) in [6.07, 6.45) is 3.12. The Hall–Kier alpha value is -2.70. The van der Waals surface area contributed by atoms with Crippen LogP contribution in [0, 0.1) is 0 Å². The summed E-state index contributed by atoms with van der Waals surface area (Å²) in [4.78, 5) is 12.1. The second-order valence-electron chi connectivity index (χ2n) is 4.98. The number of carbonyl (C=O) groups is 1. The molecule has 1 amide bonds. The van der Waals surface area contributed by atoms with Crippen LogP contribution in [0.25, 0.3) is 16.6 Å². The van der Waals surface area contributed by atoms with E-state index in [1.54, 1.807) is 25.3 Å². The molecule has 0 saturated heterocycles. The summed E-state index contributed by atoms with van der Waals surface area (Å²) in [6.45, 7) is 0. The molecular weight excluding hydrogens is 358 g/mol. The number of carbonyl (C=O) groups excluding carboxylic acids is 1. The third-order valence-corrected chi connectivity index (χ3v) is 4.44. The lowest BCUT2D eigenvalue weighted by atomic mass is 10.2. The minimum atomic E-state index is -0.287. The predicted octanol–water partition coefficient (Wildman–Crippen LogP) is 4.52. The molecule has 0 aliphatic heterocycles. The number of aromatic nitrogens is 2. The number of hydrogen-bond donors (Lipinski definition) is 1. The highest BCUT2D eigenvalue weighted by atomic mass is 35.5. The minimum Gasteiger partial charge on any atom is -0.496 e. The van der Waals surface area contributed by atoms with Crippen LogP contribution in [0.2, 0.25) is 5.02 Å². The Bertz CT molecular complexity index is 907. The zero-order valence-electron chi connectivity index (χ0n) is 13.3. The summed E-state index contributed by atoms with van der Waals surface area (Å²) < 4.78 is 5.24. The van der Waals surface area contributed by atoms with Crippen LogP contribution < -0.4 is 10.1 Å². The third-order valence-electron chi connectivity index (χ3n) is 3.30. The molecule has 0 fully saturated rings. The van der Waals surface area contributed by atoms with Gasteiger partial charge in [0.15, 0.2) is 0 Å². The van der Waals surface area contributed by atoms with E-state index >= 15 is 0 Å². The Morgan fingerprint density at radius 3 is 2.68 bits per heavy atom. The topological polar surface area (TPSA) is 64.1 Å². The van der Waals surface area contributed by atoms with Gasteiger partial charge in [-0.2, -0.15) is 0 Å². The van der Waals surface area contributed by atoms with E-state index in [2.05, 4.69) is 15.5 Å². The molecule has 1 N–H and O–H groups in total. The molecule has 0 saturated carbocycles. The summed E-state index contributed by atoms with van der Waals surface area (Å²) in [7, 11) is 1.59. The molecular formula is C18H14ClN3O2S. The largest absolute Gasteiger partial charge is 0.496 e. The Morgan fingerprint density at radius 2 is 1.92 bits per heavy atom. The van der Waals surface area contributed by atoms with Crippen molar-refractivity contribution in [3.63, 3.8) is 0 Å². The van der Waals surface area contributed by atoms with Crippen LogP contribution in [-0.2, 0) is 4.79 Å². The van der Waals surface area contributed by atoms with E-state index in [0.29, 0.717) is 20.9 Å². The first kappa shape index (κ1) is 17.1. The summed E-state index contributed by atoms with van der Waals surface area (Å²) in [5.41, 5.74) is 1.71. The fourth-order valence-corrected chi connectivity index (χ4v) is 2.98. The first-order chi connectivity index (χ1) is 12.2. The van der Waals surface area contributed by atoms with Gasteiger partial charge in [-0.15, -0.1) is 10.2 Å². The highest BCUT2D eigenvalue weighted by Crippen LogP contribution is 2.27. The highest BCUT2D eigenvalue weighted by Gasteiger charge is 2.08. The van der Waals surface area contributed by atoms with E-state index < -0.39 is 0 Å². The molecule has 3 aromatic rings. The van der Waals surface area contributed by atoms with Gasteiger partial charge in [-0.1, -0.05) is 53.3 Å². The smallest absolute Gasteiger partial charge is 0.250 e. The minimum absolute atomic E-state index is 0.287. The maximum Gasteiger partial charge on any atom is 0.250 e. The van der Waals surface area contributed by atoms with Gasteiger partial charge in [0, 0.05) is 22.2 Å². The lowest BCUT2D eigenvalue weighted by Gasteiger charge is -2.03. The molecule has 0 atom stereocenters. The summed E-state index contributed by atoms with van der Waals surface area (Å²) in [5.74, 6) is 0.414. The van der Waals surface area contributed by atoms with E-state index in [-0.39, 0.29) is 5.91 Å². The molecule has 0 aliphatic carbocycles. The Morgan fingerprint density at radius 1 is 1.16 bits per heavy atom. The second-order valence-corrected chi connectivity index (χ2v) is 6.40. The van der Waals surface area contributed by atoms with Crippen molar-refractivity contribution >= 4 is 40.1 Å². The molecule has 0 aliphatic rings. The number of benzene rings is 2. The zero-order valence-corrected chi connectivity index (χ0v) is 14.8. The molecule has 1 heterocycles. The van der Waals surface area contributed by atoms with Crippen molar-refractivity contribution in [3.05, 3.63) is 65.2 Å². The van der Waals surface area contributed by atoms with Gasteiger partial charge in [-0.25, -0.2) is 0 Å². The quantitative estimate of drug-likeness (QED) is 0.670. The fraction of sp³-hybridized carbons (Fsp3) is 0.0556. The van der Waals surface area contributed by atoms with Crippen LogP contribution in [0.5, 0.6) is 5.75 Å². The van der Waals surface area contributed by atoms with Gasteiger partial charge in [0.2, 0.25) is 11.0 Å². The van der Waals surface area contributed by atoms with Crippen molar-refractivity contribution in [1.29, 1.82) is 0 Å². The average molecular weight is 372 g/mol. The third kappa shape index (κ3) is 4.43. The Balaban J connectivity index is 1.67. The number of anilines is 1. The summed E-state index contributed by atoms with van der Waals surface area (Å²) in [5, 5.41) is 12.6. The number of hydrogen-bond acceptors (Lipinski definition) is 5. The molecule has 0 radical (unpaired) electrons. The van der Waals surface area contributed by atoms with Crippen LogP contribution in [0.4, 0.5) is 5.13 Å². The Kier molecular flexibility index (Phi) is 5.42. The van der Waals surface area contributed by atoms with Crippen molar-refractivity contribution < 1.29 is 9.53 Å².